The second-order valence-electron chi connectivity index (χ2n) is 4.68. The molecule has 0 aliphatic heterocycles. The number of halogens is 1. The van der Waals surface area contributed by atoms with Crippen molar-refractivity contribution in [2.24, 2.45) is 5.73 Å². The number of carbonyl (C=O) groups excluding carboxylic acids is 1. The summed E-state index contributed by atoms with van der Waals surface area (Å²) in [7, 11) is 0. The summed E-state index contributed by atoms with van der Waals surface area (Å²) in [4.78, 5) is 11.8. The van der Waals surface area contributed by atoms with Gasteiger partial charge in [-0.3, -0.25) is 10.1 Å². The fourth-order valence-electron chi connectivity index (χ4n) is 1.87. The van der Waals surface area contributed by atoms with E-state index >= 15 is 0 Å². The lowest BCUT2D eigenvalue weighted by Crippen LogP contribution is -2.34. The lowest BCUT2D eigenvalue weighted by atomic mass is 10.1. The van der Waals surface area contributed by atoms with Gasteiger partial charge < -0.3 is 10.5 Å². The third-order valence-corrected chi connectivity index (χ3v) is 3.47. The Labute approximate surface area is 139 Å². The van der Waals surface area contributed by atoms with Crippen LogP contribution >= 0.6 is 23.8 Å². The molecule has 0 atom stereocenters. The van der Waals surface area contributed by atoms with E-state index in [4.69, 9.17) is 22.1 Å². The molecule has 114 valence electrons. The molecule has 0 heterocycles. The first-order chi connectivity index (χ1) is 10.5. The Kier molecular flexibility index (Phi) is 5.35. The smallest absolute Gasteiger partial charge is 0.257 e. The van der Waals surface area contributed by atoms with Gasteiger partial charge in [-0.25, -0.2) is 0 Å². The molecule has 0 spiro atoms. The zero-order chi connectivity index (χ0) is 16.1. The highest BCUT2D eigenvalue weighted by molar-refractivity contribution is 7.80. The average Bonchev–Trinajstić information content (AvgIpc) is 2.46. The largest absolute Gasteiger partial charge is 0.487 e. The minimum absolute atomic E-state index is 0.0824. The third-order valence-electron chi connectivity index (χ3n) is 3.08. The van der Waals surface area contributed by atoms with Crippen molar-refractivity contribution in [2.45, 2.75) is 13.5 Å². The van der Waals surface area contributed by atoms with Gasteiger partial charge in [-0.05, 0) is 48.5 Å². The number of hydrogen-bond acceptors (Lipinski definition) is 3. The van der Waals surface area contributed by atoms with Crippen molar-refractivity contribution < 1.29 is 9.53 Å². The van der Waals surface area contributed by atoms with Crippen LogP contribution in [0, 0.1) is 6.92 Å². The lowest BCUT2D eigenvalue weighted by Gasteiger charge is -2.11. The molecule has 0 aromatic heterocycles. The molecular weight excluding hydrogens is 320 g/mol. The molecule has 4 nitrogen and oxygen atoms in total. The molecule has 0 fully saturated rings. The topological polar surface area (TPSA) is 64.3 Å². The molecule has 0 aliphatic carbocycles. The molecule has 22 heavy (non-hydrogen) atoms. The van der Waals surface area contributed by atoms with E-state index in [-0.39, 0.29) is 5.11 Å². The molecule has 0 unspecified atom stereocenters. The highest BCUT2D eigenvalue weighted by atomic mass is 35.5. The number of nitrogens with one attached hydrogen (secondary N) is 1. The fourth-order valence-corrected chi connectivity index (χ4v) is 2.20. The number of ether oxygens (including phenoxy) is 1. The van der Waals surface area contributed by atoms with Crippen LogP contribution in [0.4, 0.5) is 0 Å². The molecule has 3 N–H and O–H groups in total. The molecule has 6 heteroatoms. The van der Waals surface area contributed by atoms with Crippen LogP contribution in [0.15, 0.2) is 42.5 Å². The molecular formula is C16H15ClN2O2S. The van der Waals surface area contributed by atoms with Crippen molar-refractivity contribution >= 4 is 34.8 Å². The highest BCUT2D eigenvalue weighted by Crippen LogP contribution is 2.26. The van der Waals surface area contributed by atoms with E-state index in [0.29, 0.717) is 22.9 Å². The molecule has 0 saturated carbocycles. The van der Waals surface area contributed by atoms with E-state index < -0.39 is 5.91 Å². The monoisotopic (exact) mass is 334 g/mol. The van der Waals surface area contributed by atoms with Crippen molar-refractivity contribution in [1.29, 1.82) is 0 Å². The predicted molar refractivity (Wildman–Crippen MR) is 91.2 cm³/mol. The molecule has 2 rings (SSSR count). The summed E-state index contributed by atoms with van der Waals surface area (Å²) in [5, 5.41) is 2.61. The maximum Gasteiger partial charge on any atom is 0.257 e. The molecule has 0 bridgehead atoms. The highest BCUT2D eigenvalue weighted by Gasteiger charge is 2.10. The number of hydrogen-bond donors (Lipinski definition) is 2. The minimum Gasteiger partial charge on any atom is -0.487 e. The molecule has 1 amide bonds. The predicted octanol–water partition coefficient (Wildman–Crippen LogP) is 3.20. The van der Waals surface area contributed by atoms with Crippen molar-refractivity contribution in [1.82, 2.24) is 5.32 Å². The molecule has 0 radical (unpaired) electrons. The molecule has 2 aromatic carbocycles. The van der Waals surface area contributed by atoms with Gasteiger partial charge in [-0.1, -0.05) is 35.9 Å². The number of benzene rings is 2. The van der Waals surface area contributed by atoms with E-state index in [1.54, 1.807) is 12.1 Å². The van der Waals surface area contributed by atoms with Gasteiger partial charge in [0, 0.05) is 5.56 Å². The Bertz CT molecular complexity index is 719. The maximum absolute atomic E-state index is 11.8. The molecule has 0 aliphatic rings. The summed E-state index contributed by atoms with van der Waals surface area (Å²) in [6.45, 7) is 2.42. The summed E-state index contributed by atoms with van der Waals surface area (Å²) >= 11 is 10.8. The summed E-state index contributed by atoms with van der Waals surface area (Å²) in [6.07, 6.45) is 0. The second kappa shape index (κ2) is 7.24. The summed E-state index contributed by atoms with van der Waals surface area (Å²) < 4.78 is 5.71. The SMILES string of the molecule is Cc1ccccc1COc1ccc(C(=O)NC(N)=S)cc1Cl. The van der Waals surface area contributed by atoms with Gasteiger partial charge in [0.2, 0.25) is 0 Å². The number of amides is 1. The summed E-state index contributed by atoms with van der Waals surface area (Å²) in [5.74, 6) is 0.108. The van der Waals surface area contributed by atoms with Gasteiger partial charge in [0.1, 0.15) is 12.4 Å². The number of thiocarbonyl (C=S) groups is 1. The van der Waals surface area contributed by atoms with E-state index in [1.165, 1.54) is 6.07 Å². The number of aryl methyl sites for hydroxylation is 1. The van der Waals surface area contributed by atoms with E-state index in [9.17, 15) is 4.79 Å². The average molecular weight is 335 g/mol. The second-order valence-corrected chi connectivity index (χ2v) is 5.53. The Morgan fingerprint density at radius 1 is 1.32 bits per heavy atom. The van der Waals surface area contributed by atoms with E-state index in [2.05, 4.69) is 17.5 Å². The van der Waals surface area contributed by atoms with Gasteiger partial charge in [0.05, 0.1) is 5.02 Å². The van der Waals surface area contributed by atoms with Crippen molar-refractivity contribution in [3.63, 3.8) is 0 Å². The van der Waals surface area contributed by atoms with Gasteiger partial charge in [-0.15, -0.1) is 0 Å². The standard InChI is InChI=1S/C16H15ClN2O2S/c1-10-4-2-3-5-12(10)9-21-14-7-6-11(8-13(14)17)15(20)19-16(18)22/h2-8H,9H2,1H3,(H3,18,19,20,22). The van der Waals surface area contributed by atoms with Crippen LogP contribution in [0.1, 0.15) is 21.5 Å². The Morgan fingerprint density at radius 2 is 2.05 bits per heavy atom. The van der Waals surface area contributed by atoms with E-state index in [1.807, 2.05) is 31.2 Å². The fraction of sp³-hybridized carbons (Fsp3) is 0.125. The maximum atomic E-state index is 11.8. The van der Waals surface area contributed by atoms with Crippen LogP contribution in [0.3, 0.4) is 0 Å². The zero-order valence-corrected chi connectivity index (χ0v) is 13.5. The Morgan fingerprint density at radius 3 is 2.68 bits per heavy atom. The molecule has 0 saturated heterocycles. The first kappa shape index (κ1) is 16.3. The van der Waals surface area contributed by atoms with E-state index in [0.717, 1.165) is 11.1 Å². The Hall–Kier alpha value is -2.11. The molecule has 2 aromatic rings. The quantitative estimate of drug-likeness (QED) is 0.843. The van der Waals surface area contributed by atoms with Crippen LogP contribution in [0.5, 0.6) is 5.75 Å². The normalized spacial score (nSPS) is 10.1. The van der Waals surface area contributed by atoms with Gasteiger partial charge in [0.25, 0.3) is 5.91 Å². The van der Waals surface area contributed by atoms with Crippen molar-refractivity contribution in [3.05, 3.63) is 64.2 Å². The van der Waals surface area contributed by atoms with Crippen molar-refractivity contribution in [2.75, 3.05) is 0 Å². The van der Waals surface area contributed by atoms with Gasteiger partial charge in [-0.2, -0.15) is 0 Å². The lowest BCUT2D eigenvalue weighted by molar-refractivity contribution is 0.0977. The van der Waals surface area contributed by atoms with Gasteiger partial charge in [0.15, 0.2) is 5.11 Å². The van der Waals surface area contributed by atoms with Crippen molar-refractivity contribution in [3.8, 4) is 5.75 Å². The van der Waals surface area contributed by atoms with Gasteiger partial charge >= 0.3 is 0 Å². The Balaban J connectivity index is 2.08. The number of nitrogens with two attached hydrogens (primary N) is 1. The van der Waals surface area contributed by atoms with Crippen LogP contribution in [-0.4, -0.2) is 11.0 Å². The first-order valence-electron chi connectivity index (χ1n) is 6.55. The van der Waals surface area contributed by atoms with Crippen LogP contribution in [0.2, 0.25) is 5.02 Å². The number of carbonyl (C=O) groups is 1. The number of rotatable bonds is 4. The summed E-state index contributed by atoms with van der Waals surface area (Å²) in [6, 6.07) is 12.7. The zero-order valence-electron chi connectivity index (χ0n) is 11.9. The third kappa shape index (κ3) is 4.19. The first-order valence-corrected chi connectivity index (χ1v) is 7.33. The van der Waals surface area contributed by atoms with Crippen LogP contribution in [0.25, 0.3) is 0 Å². The minimum atomic E-state index is -0.403. The van der Waals surface area contributed by atoms with Crippen LogP contribution < -0.4 is 15.8 Å². The summed E-state index contributed by atoms with van der Waals surface area (Å²) in [5.41, 5.74) is 7.85. The van der Waals surface area contributed by atoms with Crippen LogP contribution in [-0.2, 0) is 6.61 Å².